The number of aryl methyl sites for hydroxylation is 1. The summed E-state index contributed by atoms with van der Waals surface area (Å²) in [7, 11) is 0. The van der Waals surface area contributed by atoms with Gasteiger partial charge in [0.1, 0.15) is 11.2 Å². The molecule has 1 aliphatic rings. The molecule has 0 saturated carbocycles. The van der Waals surface area contributed by atoms with Gasteiger partial charge in [0.15, 0.2) is 0 Å². The molecule has 0 saturated heterocycles. The number of aliphatic hydroxyl groups is 1. The molecular formula is C22H28ClN5O2S. The average molecular weight is 462 g/mol. The standard InChI is InChI=1S/C22H28ClN5O2S/c1-11(29)10-26-18(30)9-17-21(25)28(14(4)24)22-19(12(2)13(3)31-22)20(27-17)15-5-7-16(23)8-6-15/h5-8,11,17,21,24,29H,9-10,25H2,1-4H3,(H,26,30)/t11-,17?,21?/m1/s1. The van der Waals surface area contributed by atoms with Gasteiger partial charge in [-0.1, -0.05) is 23.7 Å². The Bertz CT molecular complexity index is 1020. The van der Waals surface area contributed by atoms with Gasteiger partial charge < -0.3 is 21.1 Å². The molecule has 166 valence electrons. The number of anilines is 1. The summed E-state index contributed by atoms with van der Waals surface area (Å²) in [5, 5.41) is 22.0. The Kier molecular flexibility index (Phi) is 7.16. The first-order valence-corrected chi connectivity index (χ1v) is 11.3. The second-order valence-corrected chi connectivity index (χ2v) is 9.46. The Morgan fingerprint density at radius 3 is 2.61 bits per heavy atom. The number of halogens is 1. The lowest BCUT2D eigenvalue weighted by molar-refractivity contribution is -0.121. The number of amidine groups is 1. The molecule has 1 amide bonds. The number of nitrogens with one attached hydrogen (secondary N) is 2. The van der Waals surface area contributed by atoms with Crippen molar-refractivity contribution in [2.45, 2.75) is 52.4 Å². The van der Waals surface area contributed by atoms with Crippen molar-refractivity contribution < 1.29 is 9.90 Å². The number of nitrogens with zero attached hydrogens (tertiary/aromatic N) is 2. The van der Waals surface area contributed by atoms with Crippen LogP contribution in [0.4, 0.5) is 5.00 Å². The lowest BCUT2D eigenvalue weighted by atomic mass is 9.99. The highest BCUT2D eigenvalue weighted by molar-refractivity contribution is 7.17. The number of benzene rings is 1. The van der Waals surface area contributed by atoms with Gasteiger partial charge in [-0.2, -0.15) is 0 Å². The van der Waals surface area contributed by atoms with Crippen molar-refractivity contribution in [3.8, 4) is 0 Å². The Morgan fingerprint density at radius 2 is 2.03 bits per heavy atom. The van der Waals surface area contributed by atoms with Crippen LogP contribution in [0, 0.1) is 19.3 Å². The van der Waals surface area contributed by atoms with Crippen LogP contribution in [0.25, 0.3) is 0 Å². The van der Waals surface area contributed by atoms with Crippen LogP contribution in [0.15, 0.2) is 29.3 Å². The van der Waals surface area contributed by atoms with Gasteiger partial charge in [-0.05, 0) is 45.4 Å². The molecule has 2 heterocycles. The zero-order valence-corrected chi connectivity index (χ0v) is 19.6. The number of fused-ring (bicyclic) bond motifs is 1. The minimum atomic E-state index is -0.684. The molecule has 7 nitrogen and oxygen atoms in total. The maximum atomic E-state index is 12.5. The Morgan fingerprint density at radius 1 is 1.39 bits per heavy atom. The first-order chi connectivity index (χ1) is 14.6. The third-order valence-corrected chi connectivity index (χ3v) is 6.74. The summed E-state index contributed by atoms with van der Waals surface area (Å²) in [5.41, 5.74) is 10.2. The van der Waals surface area contributed by atoms with E-state index >= 15 is 0 Å². The van der Waals surface area contributed by atoms with Crippen molar-refractivity contribution in [3.05, 3.63) is 50.9 Å². The van der Waals surface area contributed by atoms with Crippen LogP contribution in [0.3, 0.4) is 0 Å². The van der Waals surface area contributed by atoms with E-state index in [1.54, 1.807) is 30.1 Å². The molecule has 5 N–H and O–H groups in total. The fourth-order valence-electron chi connectivity index (χ4n) is 3.56. The average Bonchev–Trinajstić information content (AvgIpc) is 2.91. The molecular weight excluding hydrogens is 434 g/mol. The van der Waals surface area contributed by atoms with E-state index in [-0.39, 0.29) is 24.7 Å². The van der Waals surface area contributed by atoms with Crippen molar-refractivity contribution >= 4 is 45.4 Å². The lowest BCUT2D eigenvalue weighted by Gasteiger charge is -2.31. The lowest BCUT2D eigenvalue weighted by Crippen LogP contribution is -2.52. The number of amides is 1. The number of carbonyl (C=O) groups excluding carboxylic acids is 1. The molecule has 9 heteroatoms. The number of thiophene rings is 1. The van der Waals surface area contributed by atoms with E-state index in [4.69, 9.17) is 27.7 Å². The quantitative estimate of drug-likeness (QED) is 0.404. The molecule has 1 aromatic carbocycles. The van der Waals surface area contributed by atoms with Gasteiger partial charge in [0.05, 0.1) is 30.1 Å². The van der Waals surface area contributed by atoms with E-state index in [0.717, 1.165) is 32.3 Å². The highest BCUT2D eigenvalue weighted by atomic mass is 35.5. The molecule has 1 aliphatic heterocycles. The monoisotopic (exact) mass is 461 g/mol. The van der Waals surface area contributed by atoms with Gasteiger partial charge in [-0.3, -0.25) is 15.2 Å². The molecule has 2 aromatic rings. The smallest absolute Gasteiger partial charge is 0.222 e. The molecule has 2 unspecified atom stereocenters. The molecule has 0 fully saturated rings. The van der Waals surface area contributed by atoms with Crippen LogP contribution in [-0.4, -0.2) is 47.4 Å². The second-order valence-electron chi connectivity index (χ2n) is 7.82. The summed E-state index contributed by atoms with van der Waals surface area (Å²) in [6, 6.07) is 6.84. The van der Waals surface area contributed by atoms with Crippen molar-refractivity contribution in [2.24, 2.45) is 10.7 Å². The molecule has 0 aliphatic carbocycles. The first kappa shape index (κ1) is 23.4. The van der Waals surface area contributed by atoms with Gasteiger partial charge in [-0.15, -0.1) is 11.3 Å². The molecule has 0 bridgehead atoms. The summed E-state index contributed by atoms with van der Waals surface area (Å²) in [4.78, 5) is 20.4. The zero-order chi connectivity index (χ0) is 22.9. The second kappa shape index (κ2) is 9.48. The van der Waals surface area contributed by atoms with Crippen LogP contribution in [0.5, 0.6) is 0 Å². The predicted octanol–water partition coefficient (Wildman–Crippen LogP) is 3.21. The van der Waals surface area contributed by atoms with Gasteiger partial charge in [0, 0.05) is 27.6 Å². The largest absolute Gasteiger partial charge is 0.392 e. The normalized spacial score (nSPS) is 19.3. The van der Waals surface area contributed by atoms with Crippen molar-refractivity contribution in [3.63, 3.8) is 0 Å². The maximum Gasteiger partial charge on any atom is 0.222 e. The molecule has 1 aromatic heterocycles. The summed E-state index contributed by atoms with van der Waals surface area (Å²) >= 11 is 7.67. The number of aliphatic imine (C=N–C) groups is 1. The number of nitrogens with two attached hydrogens (primary N) is 1. The number of rotatable bonds is 5. The van der Waals surface area contributed by atoms with Crippen molar-refractivity contribution in [1.82, 2.24) is 5.32 Å². The summed E-state index contributed by atoms with van der Waals surface area (Å²) in [6.45, 7) is 7.53. The number of hydrogen-bond acceptors (Lipinski definition) is 6. The van der Waals surface area contributed by atoms with Crippen LogP contribution < -0.4 is 16.0 Å². The molecule has 31 heavy (non-hydrogen) atoms. The first-order valence-electron chi connectivity index (χ1n) is 10.1. The van der Waals surface area contributed by atoms with Gasteiger partial charge in [0.2, 0.25) is 5.91 Å². The summed E-state index contributed by atoms with van der Waals surface area (Å²) in [6.07, 6.45) is -1.28. The van der Waals surface area contributed by atoms with Crippen LogP contribution in [0.2, 0.25) is 5.02 Å². The van der Waals surface area contributed by atoms with E-state index in [1.165, 1.54) is 0 Å². The number of carbonyl (C=O) groups is 1. The number of aliphatic hydroxyl groups excluding tert-OH is 1. The number of hydrogen-bond donors (Lipinski definition) is 4. The third kappa shape index (κ3) is 4.98. The molecule has 0 spiro atoms. The molecule has 3 atom stereocenters. The van der Waals surface area contributed by atoms with E-state index in [2.05, 4.69) is 5.32 Å². The molecule has 3 rings (SSSR count). The Hall–Kier alpha value is -2.26. The van der Waals surface area contributed by atoms with Crippen molar-refractivity contribution in [1.29, 1.82) is 5.41 Å². The molecule has 0 radical (unpaired) electrons. The van der Waals surface area contributed by atoms with E-state index in [1.807, 2.05) is 38.1 Å². The van der Waals surface area contributed by atoms with E-state index in [0.29, 0.717) is 5.02 Å². The van der Waals surface area contributed by atoms with Crippen LogP contribution in [0.1, 0.15) is 41.8 Å². The third-order valence-electron chi connectivity index (χ3n) is 5.28. The highest BCUT2D eigenvalue weighted by Crippen LogP contribution is 2.40. The van der Waals surface area contributed by atoms with Crippen molar-refractivity contribution in [2.75, 3.05) is 11.4 Å². The Balaban J connectivity index is 2.13. The van der Waals surface area contributed by atoms with Crippen LogP contribution >= 0.6 is 22.9 Å². The van der Waals surface area contributed by atoms with Gasteiger partial charge in [-0.25, -0.2) is 0 Å². The summed E-state index contributed by atoms with van der Waals surface area (Å²) < 4.78 is 0. The summed E-state index contributed by atoms with van der Waals surface area (Å²) in [5.74, 6) is 0.0400. The highest BCUT2D eigenvalue weighted by Gasteiger charge is 2.36. The topological polar surface area (TPSA) is 115 Å². The minimum absolute atomic E-state index is 0.0434. The van der Waals surface area contributed by atoms with Gasteiger partial charge in [0.25, 0.3) is 0 Å². The zero-order valence-electron chi connectivity index (χ0n) is 18.1. The maximum absolute atomic E-state index is 12.5. The fraction of sp³-hybridized carbons (Fsp3) is 0.409. The van der Waals surface area contributed by atoms with E-state index in [9.17, 15) is 9.90 Å². The fourth-order valence-corrected chi connectivity index (χ4v) is 4.94. The minimum Gasteiger partial charge on any atom is -0.392 e. The Labute approximate surface area is 191 Å². The van der Waals surface area contributed by atoms with E-state index < -0.39 is 18.3 Å². The van der Waals surface area contributed by atoms with Crippen LogP contribution in [-0.2, 0) is 4.79 Å². The predicted molar refractivity (Wildman–Crippen MR) is 128 cm³/mol. The van der Waals surface area contributed by atoms with Gasteiger partial charge >= 0.3 is 0 Å². The SMILES string of the molecule is CC(=N)N1c2sc(C)c(C)c2C(c2ccc(Cl)cc2)=NC(CC(=O)NC[C@@H](C)O)C1N.